The molecule has 0 radical (unpaired) electrons. The first-order valence-electron chi connectivity index (χ1n) is 7.78. The van der Waals surface area contributed by atoms with Crippen molar-refractivity contribution >= 4 is 26.8 Å². The molecule has 1 unspecified atom stereocenters. The van der Waals surface area contributed by atoms with E-state index < -0.39 is 10.0 Å². The van der Waals surface area contributed by atoms with Crippen LogP contribution >= 0.6 is 0 Å². The Kier molecular flexibility index (Phi) is 4.35. The number of sulfonamides is 1. The van der Waals surface area contributed by atoms with Crippen molar-refractivity contribution in [3.63, 3.8) is 0 Å². The van der Waals surface area contributed by atoms with Crippen LogP contribution in [0.15, 0.2) is 18.2 Å². The fraction of sp³-hybridized carbons (Fsp3) is 0.438. The maximum absolute atomic E-state index is 13.8. The highest BCUT2D eigenvalue weighted by Crippen LogP contribution is 2.26. The zero-order valence-electron chi connectivity index (χ0n) is 13.4. The van der Waals surface area contributed by atoms with Crippen molar-refractivity contribution in [2.45, 2.75) is 19.8 Å². The van der Waals surface area contributed by atoms with Gasteiger partial charge in [0.25, 0.3) is 0 Å². The second-order valence-electron chi connectivity index (χ2n) is 6.39. The molecule has 8 heteroatoms. The summed E-state index contributed by atoms with van der Waals surface area (Å²) in [6.07, 6.45) is 0.793. The van der Waals surface area contributed by atoms with Crippen molar-refractivity contribution in [3.8, 4) is 0 Å². The molecule has 1 atom stereocenters. The van der Waals surface area contributed by atoms with Gasteiger partial charge < -0.3 is 9.88 Å². The Bertz CT molecular complexity index is 891. The summed E-state index contributed by atoms with van der Waals surface area (Å²) in [5, 5.41) is 5.78. The maximum Gasteiger partial charge on any atom is 0.227 e. The van der Waals surface area contributed by atoms with Gasteiger partial charge in [-0.1, -0.05) is 12.1 Å². The van der Waals surface area contributed by atoms with Crippen LogP contribution in [0.25, 0.3) is 10.9 Å². The number of halogens is 1. The summed E-state index contributed by atoms with van der Waals surface area (Å²) in [4.78, 5) is 17.2. The number of benzene rings is 1. The Labute approximate surface area is 139 Å². The summed E-state index contributed by atoms with van der Waals surface area (Å²) >= 11 is 0. The van der Waals surface area contributed by atoms with E-state index in [9.17, 15) is 17.6 Å². The van der Waals surface area contributed by atoms with Crippen molar-refractivity contribution < 1.29 is 17.6 Å². The van der Waals surface area contributed by atoms with E-state index >= 15 is 0 Å². The molecule has 0 saturated carbocycles. The van der Waals surface area contributed by atoms with Gasteiger partial charge in [0.05, 0.1) is 17.7 Å². The fourth-order valence-electron chi connectivity index (χ4n) is 3.38. The molecule has 6 nitrogen and oxygen atoms in total. The second kappa shape index (κ2) is 6.18. The van der Waals surface area contributed by atoms with Gasteiger partial charge in [-0.25, -0.2) is 17.9 Å². The number of hydrogen-bond acceptors (Lipinski definition) is 3. The van der Waals surface area contributed by atoms with Gasteiger partial charge in [0, 0.05) is 24.2 Å². The zero-order valence-corrected chi connectivity index (χ0v) is 14.2. The van der Waals surface area contributed by atoms with Crippen LogP contribution in [0, 0.1) is 18.7 Å². The van der Waals surface area contributed by atoms with Crippen molar-refractivity contribution in [1.29, 1.82) is 0 Å². The average molecular weight is 353 g/mol. The van der Waals surface area contributed by atoms with Crippen LogP contribution in [-0.2, 0) is 21.2 Å². The molecule has 1 aliphatic heterocycles. The number of amides is 1. The van der Waals surface area contributed by atoms with E-state index in [2.05, 4.69) is 4.98 Å². The Hall–Kier alpha value is -1.93. The number of para-hydroxylation sites is 1. The molecule has 130 valence electrons. The molecule has 3 N–H and O–H groups in total. The molecule has 1 amide bonds. The molecule has 1 aromatic heterocycles. The van der Waals surface area contributed by atoms with Gasteiger partial charge >= 0.3 is 0 Å². The van der Waals surface area contributed by atoms with Crippen molar-refractivity contribution in [2.24, 2.45) is 11.1 Å². The fourth-order valence-corrected chi connectivity index (χ4v) is 4.31. The Morgan fingerprint density at radius 1 is 1.46 bits per heavy atom. The van der Waals surface area contributed by atoms with Crippen LogP contribution in [0.2, 0.25) is 0 Å². The summed E-state index contributed by atoms with van der Waals surface area (Å²) in [6.45, 7) is 2.73. The Balaban J connectivity index is 1.74. The average Bonchev–Trinajstić information content (AvgIpc) is 3.04. The van der Waals surface area contributed by atoms with Crippen molar-refractivity contribution in [3.05, 3.63) is 35.3 Å². The normalized spacial score (nSPS) is 18.5. The molecule has 2 aromatic rings. The Morgan fingerprint density at radius 3 is 2.92 bits per heavy atom. The van der Waals surface area contributed by atoms with Crippen LogP contribution in [0.5, 0.6) is 0 Å². The van der Waals surface area contributed by atoms with E-state index in [0.717, 1.165) is 11.3 Å². The van der Waals surface area contributed by atoms with Crippen LogP contribution in [0.4, 0.5) is 4.39 Å². The predicted octanol–water partition coefficient (Wildman–Crippen LogP) is 1.29. The third kappa shape index (κ3) is 3.44. The van der Waals surface area contributed by atoms with Crippen LogP contribution in [0.1, 0.15) is 17.7 Å². The number of primary sulfonamides is 1. The van der Waals surface area contributed by atoms with E-state index in [1.807, 2.05) is 6.92 Å². The number of nitrogens with one attached hydrogen (secondary N) is 1. The number of aromatic nitrogens is 1. The molecule has 2 heterocycles. The zero-order chi connectivity index (χ0) is 17.5. The highest BCUT2D eigenvalue weighted by molar-refractivity contribution is 7.89. The van der Waals surface area contributed by atoms with E-state index in [-0.39, 0.29) is 29.8 Å². The lowest BCUT2D eigenvalue weighted by Crippen LogP contribution is -2.32. The highest BCUT2D eigenvalue weighted by atomic mass is 32.2. The molecular formula is C16H20FN3O3S. The number of carbonyl (C=O) groups is 1. The molecular weight excluding hydrogens is 333 g/mol. The number of H-pyrrole nitrogens is 1. The molecule has 0 bridgehead atoms. The first-order valence-corrected chi connectivity index (χ1v) is 9.50. The largest absolute Gasteiger partial charge is 0.356 e. The predicted molar refractivity (Wildman–Crippen MR) is 89.4 cm³/mol. The van der Waals surface area contributed by atoms with Gasteiger partial charge in [-0.3, -0.25) is 4.79 Å². The lowest BCUT2D eigenvalue weighted by molar-refractivity contribution is -0.129. The lowest BCUT2D eigenvalue weighted by atomic mass is 10.1. The molecule has 0 spiro atoms. The molecule has 1 aliphatic rings. The lowest BCUT2D eigenvalue weighted by Gasteiger charge is -2.16. The molecule has 24 heavy (non-hydrogen) atoms. The Morgan fingerprint density at radius 2 is 2.21 bits per heavy atom. The molecule has 1 saturated heterocycles. The van der Waals surface area contributed by atoms with Gasteiger partial charge in [0.15, 0.2) is 0 Å². The van der Waals surface area contributed by atoms with E-state index in [1.54, 1.807) is 17.0 Å². The van der Waals surface area contributed by atoms with Gasteiger partial charge in [-0.05, 0) is 30.9 Å². The number of hydrogen-bond donors (Lipinski definition) is 2. The summed E-state index contributed by atoms with van der Waals surface area (Å²) in [5.41, 5.74) is 1.96. The number of aromatic amines is 1. The monoisotopic (exact) mass is 353 g/mol. The summed E-state index contributed by atoms with van der Waals surface area (Å²) in [7, 11) is -3.53. The quantitative estimate of drug-likeness (QED) is 0.867. The third-order valence-corrected chi connectivity index (χ3v) is 5.47. The van der Waals surface area contributed by atoms with E-state index in [4.69, 9.17) is 5.14 Å². The minimum Gasteiger partial charge on any atom is -0.356 e. The minimum atomic E-state index is -3.53. The number of aryl methyl sites for hydroxylation is 1. The van der Waals surface area contributed by atoms with Gasteiger partial charge in [0.2, 0.25) is 15.9 Å². The van der Waals surface area contributed by atoms with Crippen LogP contribution < -0.4 is 5.14 Å². The smallest absolute Gasteiger partial charge is 0.227 e. The SMILES string of the molecule is Cc1[nH]c2c(F)cccc2c1CC(=O)N1CCC(CS(N)(=O)=O)C1. The number of nitrogens with zero attached hydrogens (tertiary/aromatic N) is 1. The standard InChI is InChI=1S/C16H20FN3O3S/c1-10-13(12-3-2-4-14(17)16(12)19-10)7-15(21)20-6-5-11(8-20)9-24(18,22)23/h2-4,11,19H,5-9H2,1H3,(H2,18,22,23). The minimum absolute atomic E-state index is 0.0832. The third-order valence-electron chi connectivity index (χ3n) is 4.54. The van der Waals surface area contributed by atoms with E-state index in [0.29, 0.717) is 30.4 Å². The molecule has 1 fully saturated rings. The van der Waals surface area contributed by atoms with Gasteiger partial charge in [0.1, 0.15) is 5.82 Å². The molecule has 0 aliphatic carbocycles. The van der Waals surface area contributed by atoms with Gasteiger partial charge in [-0.15, -0.1) is 0 Å². The number of nitrogens with two attached hydrogens (primary N) is 1. The number of likely N-dealkylation sites (tertiary alicyclic amines) is 1. The van der Waals surface area contributed by atoms with E-state index in [1.165, 1.54) is 6.07 Å². The first kappa shape index (κ1) is 16.9. The summed E-state index contributed by atoms with van der Waals surface area (Å²) in [5.74, 6) is -0.650. The number of fused-ring (bicyclic) bond motifs is 1. The maximum atomic E-state index is 13.8. The topological polar surface area (TPSA) is 96.3 Å². The van der Waals surface area contributed by atoms with Crippen LogP contribution in [-0.4, -0.2) is 43.1 Å². The summed E-state index contributed by atoms with van der Waals surface area (Å²) < 4.78 is 36.2. The molecule has 1 aromatic carbocycles. The first-order chi connectivity index (χ1) is 11.2. The second-order valence-corrected chi connectivity index (χ2v) is 8.05. The van der Waals surface area contributed by atoms with Crippen molar-refractivity contribution in [1.82, 2.24) is 9.88 Å². The number of rotatable bonds is 4. The van der Waals surface area contributed by atoms with Gasteiger partial charge in [-0.2, -0.15) is 0 Å². The van der Waals surface area contributed by atoms with Crippen molar-refractivity contribution in [2.75, 3.05) is 18.8 Å². The highest BCUT2D eigenvalue weighted by Gasteiger charge is 2.29. The van der Waals surface area contributed by atoms with Crippen LogP contribution in [0.3, 0.4) is 0 Å². The number of carbonyl (C=O) groups excluding carboxylic acids is 1. The molecule has 3 rings (SSSR count). The summed E-state index contributed by atoms with van der Waals surface area (Å²) in [6, 6.07) is 4.79.